The second-order valence-electron chi connectivity index (χ2n) is 4.86. The van der Waals surface area contributed by atoms with Gasteiger partial charge in [-0.3, -0.25) is 4.79 Å². The zero-order valence-corrected chi connectivity index (χ0v) is 14.6. The van der Waals surface area contributed by atoms with Gasteiger partial charge in [0.25, 0.3) is 0 Å². The van der Waals surface area contributed by atoms with Crippen molar-refractivity contribution in [1.82, 2.24) is 10.2 Å². The zero-order valence-electron chi connectivity index (χ0n) is 13.0. The summed E-state index contributed by atoms with van der Waals surface area (Å²) in [6, 6.07) is 17.0. The average molecular weight is 357 g/mol. The maximum atomic E-state index is 12.2. The molecular formula is C17H15N3O2S2. The second-order valence-corrected chi connectivity index (χ2v) is 6.91. The molecule has 0 bridgehead atoms. The van der Waals surface area contributed by atoms with Crippen LogP contribution in [-0.2, 0) is 4.79 Å². The Morgan fingerprint density at radius 1 is 1.12 bits per heavy atom. The highest BCUT2D eigenvalue weighted by molar-refractivity contribution is 8.01. The lowest BCUT2D eigenvalue weighted by atomic mass is 10.2. The van der Waals surface area contributed by atoms with Gasteiger partial charge in [-0.1, -0.05) is 41.3 Å². The minimum atomic E-state index is 0.00641. The average Bonchev–Trinajstić information content (AvgIpc) is 3.14. The van der Waals surface area contributed by atoms with E-state index in [0.29, 0.717) is 5.75 Å². The number of carbonyl (C=O) groups excluding carboxylic acids is 1. The molecule has 3 rings (SSSR count). The van der Waals surface area contributed by atoms with Gasteiger partial charge < -0.3 is 9.64 Å². The first kappa shape index (κ1) is 16.5. The van der Waals surface area contributed by atoms with Crippen molar-refractivity contribution in [2.24, 2.45) is 0 Å². The summed E-state index contributed by atoms with van der Waals surface area (Å²) < 4.78 is 6.54. The Hall–Kier alpha value is -2.38. The summed E-state index contributed by atoms with van der Waals surface area (Å²) in [4.78, 5) is 13.9. The number of anilines is 1. The van der Waals surface area contributed by atoms with Crippen LogP contribution in [-0.4, -0.2) is 28.9 Å². The first-order chi connectivity index (χ1) is 11.7. The number of para-hydroxylation sites is 1. The molecule has 1 amide bonds. The molecule has 2 aromatic carbocycles. The van der Waals surface area contributed by atoms with E-state index < -0.39 is 0 Å². The van der Waals surface area contributed by atoms with Crippen molar-refractivity contribution < 1.29 is 9.53 Å². The van der Waals surface area contributed by atoms with Gasteiger partial charge in [-0.15, -0.1) is 10.2 Å². The lowest BCUT2D eigenvalue weighted by Gasteiger charge is -2.17. The number of thioether (sulfide) groups is 1. The van der Waals surface area contributed by atoms with Crippen LogP contribution >= 0.6 is 23.1 Å². The molecule has 0 unspecified atom stereocenters. The standard InChI is InChI=1S/C17H15N3O2S2/c1-20(16(21)11-23-17-19-18-12-24-17)13-7-9-15(10-8-13)22-14-5-3-2-4-6-14/h2-10,12H,11H2,1H3. The second kappa shape index (κ2) is 7.94. The fraction of sp³-hybridized carbons (Fsp3) is 0.118. The van der Waals surface area contributed by atoms with E-state index in [1.165, 1.54) is 23.1 Å². The smallest absolute Gasteiger partial charge is 0.237 e. The predicted molar refractivity (Wildman–Crippen MR) is 97.0 cm³/mol. The minimum Gasteiger partial charge on any atom is -0.457 e. The van der Waals surface area contributed by atoms with Gasteiger partial charge in [-0.05, 0) is 36.4 Å². The largest absolute Gasteiger partial charge is 0.457 e. The van der Waals surface area contributed by atoms with Gasteiger partial charge in [0.15, 0.2) is 4.34 Å². The van der Waals surface area contributed by atoms with E-state index in [9.17, 15) is 4.79 Å². The van der Waals surface area contributed by atoms with Crippen molar-refractivity contribution in [1.29, 1.82) is 0 Å². The summed E-state index contributed by atoms with van der Waals surface area (Å²) in [5.74, 6) is 1.85. The number of benzene rings is 2. The van der Waals surface area contributed by atoms with Gasteiger partial charge in [0.05, 0.1) is 5.75 Å². The Labute approximate surface area is 148 Å². The van der Waals surface area contributed by atoms with Crippen LogP contribution in [0.3, 0.4) is 0 Å². The number of ether oxygens (including phenoxy) is 1. The number of hydrogen-bond acceptors (Lipinski definition) is 6. The van der Waals surface area contributed by atoms with Gasteiger partial charge in [-0.25, -0.2) is 0 Å². The molecule has 0 fully saturated rings. The third kappa shape index (κ3) is 4.33. The van der Waals surface area contributed by atoms with Gasteiger partial charge >= 0.3 is 0 Å². The summed E-state index contributed by atoms with van der Waals surface area (Å²) in [5, 5.41) is 7.67. The number of carbonyl (C=O) groups is 1. The molecule has 0 saturated heterocycles. The molecule has 0 atom stereocenters. The Morgan fingerprint density at radius 2 is 1.83 bits per heavy atom. The number of aromatic nitrogens is 2. The number of hydrogen-bond donors (Lipinski definition) is 0. The van der Waals surface area contributed by atoms with Crippen LogP contribution < -0.4 is 9.64 Å². The Balaban J connectivity index is 1.58. The summed E-state index contributed by atoms with van der Waals surface area (Å²) in [6.45, 7) is 0. The molecule has 0 N–H and O–H groups in total. The Bertz CT molecular complexity index is 777. The van der Waals surface area contributed by atoms with Crippen LogP contribution in [0.4, 0.5) is 5.69 Å². The van der Waals surface area contributed by atoms with E-state index in [2.05, 4.69) is 10.2 Å². The lowest BCUT2D eigenvalue weighted by molar-refractivity contribution is -0.115. The first-order valence-corrected chi connectivity index (χ1v) is 9.07. The summed E-state index contributed by atoms with van der Waals surface area (Å²) in [6.07, 6.45) is 0. The molecule has 0 radical (unpaired) electrons. The quantitative estimate of drug-likeness (QED) is 0.622. The van der Waals surface area contributed by atoms with Crippen molar-refractivity contribution in [3.8, 4) is 11.5 Å². The van der Waals surface area contributed by atoms with E-state index in [4.69, 9.17) is 4.74 Å². The summed E-state index contributed by atoms with van der Waals surface area (Å²) in [7, 11) is 1.76. The summed E-state index contributed by atoms with van der Waals surface area (Å²) >= 11 is 2.82. The molecule has 0 saturated carbocycles. The molecule has 1 aromatic heterocycles. The van der Waals surface area contributed by atoms with Crippen LogP contribution in [0.25, 0.3) is 0 Å². The molecule has 1 heterocycles. The van der Waals surface area contributed by atoms with Gasteiger partial charge in [0.1, 0.15) is 17.0 Å². The molecule has 3 aromatic rings. The SMILES string of the molecule is CN(C(=O)CSc1nncs1)c1ccc(Oc2ccccc2)cc1. The maximum absolute atomic E-state index is 12.2. The van der Waals surface area contributed by atoms with Crippen LogP contribution in [0.2, 0.25) is 0 Å². The first-order valence-electron chi connectivity index (χ1n) is 7.21. The van der Waals surface area contributed by atoms with E-state index in [-0.39, 0.29) is 5.91 Å². The van der Waals surface area contributed by atoms with Crippen molar-refractivity contribution in [3.63, 3.8) is 0 Å². The van der Waals surface area contributed by atoms with Crippen molar-refractivity contribution in [2.75, 3.05) is 17.7 Å². The molecule has 0 aliphatic rings. The minimum absolute atomic E-state index is 0.00641. The molecule has 24 heavy (non-hydrogen) atoms. The third-order valence-electron chi connectivity index (χ3n) is 3.24. The van der Waals surface area contributed by atoms with Gasteiger partial charge in [0.2, 0.25) is 5.91 Å². The monoisotopic (exact) mass is 357 g/mol. The third-order valence-corrected chi connectivity index (χ3v) is 5.08. The fourth-order valence-electron chi connectivity index (χ4n) is 1.95. The lowest BCUT2D eigenvalue weighted by Crippen LogP contribution is -2.27. The predicted octanol–water partition coefficient (Wildman–Crippen LogP) is 4.09. The van der Waals surface area contributed by atoms with Crippen molar-refractivity contribution in [2.45, 2.75) is 4.34 Å². The van der Waals surface area contributed by atoms with E-state index in [1.54, 1.807) is 17.5 Å². The maximum Gasteiger partial charge on any atom is 0.237 e. The van der Waals surface area contributed by atoms with E-state index >= 15 is 0 Å². The van der Waals surface area contributed by atoms with Crippen LogP contribution in [0.5, 0.6) is 11.5 Å². The number of amides is 1. The van der Waals surface area contributed by atoms with Crippen molar-refractivity contribution >= 4 is 34.7 Å². The van der Waals surface area contributed by atoms with Crippen LogP contribution in [0.1, 0.15) is 0 Å². The molecule has 0 aliphatic heterocycles. The van der Waals surface area contributed by atoms with Crippen LogP contribution in [0.15, 0.2) is 64.4 Å². The Morgan fingerprint density at radius 3 is 2.50 bits per heavy atom. The normalized spacial score (nSPS) is 10.4. The molecule has 0 aliphatic carbocycles. The number of nitrogens with zero attached hydrogens (tertiary/aromatic N) is 3. The van der Waals surface area contributed by atoms with E-state index in [1.807, 2.05) is 54.6 Å². The zero-order chi connectivity index (χ0) is 16.8. The highest BCUT2D eigenvalue weighted by Crippen LogP contribution is 2.25. The van der Waals surface area contributed by atoms with Crippen molar-refractivity contribution in [3.05, 3.63) is 60.1 Å². The molecule has 7 heteroatoms. The Kier molecular flexibility index (Phi) is 5.45. The number of rotatable bonds is 6. The molecule has 122 valence electrons. The van der Waals surface area contributed by atoms with Crippen LogP contribution in [0, 0.1) is 0 Å². The molecule has 0 spiro atoms. The van der Waals surface area contributed by atoms with Gasteiger partial charge in [-0.2, -0.15) is 0 Å². The highest BCUT2D eigenvalue weighted by atomic mass is 32.2. The summed E-state index contributed by atoms with van der Waals surface area (Å²) in [5.41, 5.74) is 2.47. The van der Waals surface area contributed by atoms with E-state index in [0.717, 1.165) is 21.5 Å². The molecular weight excluding hydrogens is 342 g/mol. The fourth-order valence-corrected chi connectivity index (χ4v) is 3.35. The topological polar surface area (TPSA) is 55.3 Å². The molecule has 5 nitrogen and oxygen atoms in total. The highest BCUT2D eigenvalue weighted by Gasteiger charge is 2.12. The van der Waals surface area contributed by atoms with Gasteiger partial charge in [0, 0.05) is 12.7 Å².